The maximum absolute atomic E-state index is 5.38. The number of halogens is 1. The Hall–Kier alpha value is -1.22. The smallest absolute Gasteiger partial charge is 0.191 e. The molecule has 0 spiro atoms. The molecule has 160 valence electrons. The number of methoxy groups -OCH3 is 2. The minimum absolute atomic E-state index is 0. The minimum Gasteiger partial charge on any atom is -0.493 e. The van der Waals surface area contributed by atoms with Gasteiger partial charge in [0.25, 0.3) is 0 Å². The van der Waals surface area contributed by atoms with Crippen LogP contribution in [0.4, 0.5) is 0 Å². The highest BCUT2D eigenvalue weighted by atomic mass is 127. The highest BCUT2D eigenvalue weighted by Gasteiger charge is 2.22. The van der Waals surface area contributed by atoms with Crippen LogP contribution >= 0.6 is 24.0 Å². The second kappa shape index (κ2) is 13.1. The zero-order valence-corrected chi connectivity index (χ0v) is 20.3. The Balaban J connectivity index is 0.00000392. The summed E-state index contributed by atoms with van der Waals surface area (Å²) >= 11 is 0. The van der Waals surface area contributed by atoms with E-state index >= 15 is 0 Å². The summed E-state index contributed by atoms with van der Waals surface area (Å²) in [6.07, 6.45) is 3.97. The first-order valence-corrected chi connectivity index (χ1v) is 10.1. The highest BCUT2D eigenvalue weighted by Crippen LogP contribution is 2.27. The molecule has 7 heteroatoms. The molecule has 1 aromatic rings. The molecular weight excluding hydrogens is 467 g/mol. The lowest BCUT2D eigenvalue weighted by atomic mass is 10.0. The van der Waals surface area contributed by atoms with E-state index in [-0.39, 0.29) is 24.0 Å². The molecule has 1 saturated heterocycles. The van der Waals surface area contributed by atoms with Crippen LogP contribution < -0.4 is 20.1 Å². The molecule has 2 N–H and O–H groups in total. The molecule has 1 aliphatic rings. The lowest BCUT2D eigenvalue weighted by molar-refractivity contribution is 0.115. The second-order valence-electron chi connectivity index (χ2n) is 7.20. The van der Waals surface area contributed by atoms with Gasteiger partial charge in [-0.15, -0.1) is 24.0 Å². The number of aliphatic imine (C=N–C) groups is 1. The molecule has 2 unspecified atom stereocenters. The molecule has 28 heavy (non-hydrogen) atoms. The van der Waals surface area contributed by atoms with Crippen molar-refractivity contribution in [3.05, 3.63) is 23.8 Å². The van der Waals surface area contributed by atoms with E-state index in [0.717, 1.165) is 36.1 Å². The van der Waals surface area contributed by atoms with Crippen molar-refractivity contribution in [2.75, 3.05) is 33.9 Å². The minimum atomic E-state index is 0. The van der Waals surface area contributed by atoms with Crippen molar-refractivity contribution in [1.82, 2.24) is 15.5 Å². The van der Waals surface area contributed by atoms with Gasteiger partial charge in [0.15, 0.2) is 17.5 Å². The Labute approximate surface area is 187 Å². The number of nitrogens with one attached hydrogen (secondary N) is 2. The summed E-state index contributed by atoms with van der Waals surface area (Å²) in [6, 6.07) is 7.08. The lowest BCUT2D eigenvalue weighted by Gasteiger charge is -2.38. The summed E-state index contributed by atoms with van der Waals surface area (Å²) in [5.41, 5.74) is 1.09. The summed E-state index contributed by atoms with van der Waals surface area (Å²) in [6.45, 7) is 10.2. The molecule has 1 aromatic carbocycles. The molecule has 6 nitrogen and oxygen atoms in total. The van der Waals surface area contributed by atoms with E-state index in [4.69, 9.17) is 14.5 Å². The molecule has 0 bridgehead atoms. The standard InChI is InChI=1S/C21H36N4O2.HI/c1-6-22-21(23-14-17(3)25-12-8-7-9-16(25)2)24-15-18-10-11-19(26-4)20(13-18)27-5;/h10-11,13,16-17H,6-9,12,14-15H2,1-5H3,(H2,22,23,24);1H. The van der Waals surface area contributed by atoms with Gasteiger partial charge in [0.1, 0.15) is 0 Å². The number of rotatable bonds is 8. The Morgan fingerprint density at radius 2 is 1.96 bits per heavy atom. The first-order chi connectivity index (χ1) is 13.1. The van der Waals surface area contributed by atoms with E-state index in [0.29, 0.717) is 18.6 Å². The fourth-order valence-electron chi connectivity index (χ4n) is 3.63. The van der Waals surface area contributed by atoms with Crippen LogP contribution in [0.25, 0.3) is 0 Å². The van der Waals surface area contributed by atoms with Crippen LogP contribution in [-0.4, -0.2) is 56.8 Å². The zero-order valence-electron chi connectivity index (χ0n) is 18.0. The second-order valence-corrected chi connectivity index (χ2v) is 7.20. The first kappa shape index (κ1) is 24.8. The van der Waals surface area contributed by atoms with Gasteiger partial charge in [-0.1, -0.05) is 12.5 Å². The fraction of sp³-hybridized carbons (Fsp3) is 0.667. The molecule has 1 aliphatic heterocycles. The Kier molecular flexibility index (Phi) is 11.6. The summed E-state index contributed by atoms with van der Waals surface area (Å²) in [7, 11) is 3.30. The Bertz CT molecular complexity index is 612. The lowest BCUT2D eigenvalue weighted by Crippen LogP contribution is -2.50. The Morgan fingerprint density at radius 3 is 2.61 bits per heavy atom. The van der Waals surface area contributed by atoms with Gasteiger partial charge >= 0.3 is 0 Å². The Morgan fingerprint density at radius 1 is 1.21 bits per heavy atom. The molecule has 2 rings (SSSR count). The average molecular weight is 504 g/mol. The number of benzene rings is 1. The normalized spacial score (nSPS) is 18.8. The van der Waals surface area contributed by atoms with Crippen LogP contribution in [0, 0.1) is 0 Å². The maximum atomic E-state index is 5.38. The molecule has 0 saturated carbocycles. The number of piperidine rings is 1. The van der Waals surface area contributed by atoms with Gasteiger partial charge in [0, 0.05) is 25.2 Å². The van der Waals surface area contributed by atoms with Crippen molar-refractivity contribution in [2.24, 2.45) is 4.99 Å². The average Bonchev–Trinajstić information content (AvgIpc) is 2.69. The van der Waals surface area contributed by atoms with E-state index in [1.165, 1.54) is 25.8 Å². The highest BCUT2D eigenvalue weighted by molar-refractivity contribution is 14.0. The van der Waals surface area contributed by atoms with Crippen molar-refractivity contribution in [3.8, 4) is 11.5 Å². The molecular formula is C21H37IN4O2. The third-order valence-corrected chi connectivity index (χ3v) is 5.20. The SMILES string of the molecule is CCNC(=NCc1ccc(OC)c(OC)c1)NCC(C)N1CCCCC1C.I. The number of likely N-dealkylation sites (tertiary alicyclic amines) is 1. The summed E-state index contributed by atoms with van der Waals surface area (Å²) in [5, 5.41) is 6.84. The van der Waals surface area contributed by atoms with Crippen LogP contribution in [0.15, 0.2) is 23.2 Å². The molecule has 1 fully saturated rings. The number of hydrogen-bond acceptors (Lipinski definition) is 4. The molecule has 0 amide bonds. The van der Waals surface area contributed by atoms with Crippen molar-refractivity contribution in [3.63, 3.8) is 0 Å². The topological polar surface area (TPSA) is 58.1 Å². The van der Waals surface area contributed by atoms with Crippen molar-refractivity contribution >= 4 is 29.9 Å². The number of ether oxygens (including phenoxy) is 2. The van der Waals surface area contributed by atoms with E-state index in [1.807, 2.05) is 18.2 Å². The van der Waals surface area contributed by atoms with E-state index in [9.17, 15) is 0 Å². The molecule has 0 aliphatic carbocycles. The third kappa shape index (κ3) is 7.31. The monoisotopic (exact) mass is 504 g/mol. The van der Waals surface area contributed by atoms with E-state index < -0.39 is 0 Å². The summed E-state index contributed by atoms with van der Waals surface area (Å²) in [5.74, 6) is 2.32. The van der Waals surface area contributed by atoms with Crippen LogP contribution in [0.1, 0.15) is 45.6 Å². The van der Waals surface area contributed by atoms with Crippen LogP contribution in [-0.2, 0) is 6.54 Å². The first-order valence-electron chi connectivity index (χ1n) is 10.1. The zero-order chi connectivity index (χ0) is 19.6. The fourth-order valence-corrected chi connectivity index (χ4v) is 3.63. The number of hydrogen-bond donors (Lipinski definition) is 2. The van der Waals surface area contributed by atoms with Crippen molar-refractivity contribution in [1.29, 1.82) is 0 Å². The van der Waals surface area contributed by atoms with Crippen molar-refractivity contribution in [2.45, 2.75) is 58.7 Å². The molecule has 1 heterocycles. The largest absolute Gasteiger partial charge is 0.493 e. The van der Waals surface area contributed by atoms with Gasteiger partial charge < -0.3 is 20.1 Å². The van der Waals surface area contributed by atoms with Gasteiger partial charge in [0.2, 0.25) is 0 Å². The van der Waals surface area contributed by atoms with Crippen LogP contribution in [0.5, 0.6) is 11.5 Å². The van der Waals surface area contributed by atoms with Gasteiger partial charge in [-0.3, -0.25) is 4.90 Å². The van der Waals surface area contributed by atoms with Gasteiger partial charge in [-0.25, -0.2) is 4.99 Å². The molecule has 0 radical (unpaired) electrons. The van der Waals surface area contributed by atoms with Gasteiger partial charge in [0.05, 0.1) is 20.8 Å². The predicted molar refractivity (Wildman–Crippen MR) is 127 cm³/mol. The van der Waals surface area contributed by atoms with E-state index in [1.54, 1.807) is 14.2 Å². The van der Waals surface area contributed by atoms with Gasteiger partial charge in [-0.2, -0.15) is 0 Å². The number of guanidine groups is 1. The summed E-state index contributed by atoms with van der Waals surface area (Å²) < 4.78 is 10.7. The van der Waals surface area contributed by atoms with E-state index in [2.05, 4.69) is 36.3 Å². The predicted octanol–water partition coefficient (Wildman–Crippen LogP) is 3.64. The maximum Gasteiger partial charge on any atom is 0.191 e. The van der Waals surface area contributed by atoms with Crippen LogP contribution in [0.2, 0.25) is 0 Å². The third-order valence-electron chi connectivity index (χ3n) is 5.20. The quantitative estimate of drug-likeness (QED) is 0.322. The van der Waals surface area contributed by atoms with Crippen LogP contribution in [0.3, 0.4) is 0 Å². The molecule has 2 atom stereocenters. The summed E-state index contributed by atoms with van der Waals surface area (Å²) in [4.78, 5) is 7.34. The van der Waals surface area contributed by atoms with Crippen molar-refractivity contribution < 1.29 is 9.47 Å². The number of nitrogens with zero attached hydrogens (tertiary/aromatic N) is 2. The van der Waals surface area contributed by atoms with Gasteiger partial charge in [-0.05, 0) is 57.9 Å². The molecule has 0 aromatic heterocycles.